The first kappa shape index (κ1) is 26.7. The molecule has 1 saturated carbocycles. The lowest BCUT2D eigenvalue weighted by atomic mass is 9.93. The van der Waals surface area contributed by atoms with E-state index in [1.165, 1.54) is 12.8 Å². The number of nitrogens with one attached hydrogen (secondary N) is 2. The lowest BCUT2D eigenvalue weighted by Crippen LogP contribution is -2.45. The minimum absolute atomic E-state index is 0.0262. The zero-order valence-corrected chi connectivity index (χ0v) is 23.2. The molecule has 0 bridgehead atoms. The molecule has 1 atom stereocenters. The molecule has 0 aromatic carbocycles. The van der Waals surface area contributed by atoms with Gasteiger partial charge in [0.25, 0.3) is 5.91 Å². The van der Waals surface area contributed by atoms with Gasteiger partial charge in [-0.3, -0.25) is 4.79 Å². The third kappa shape index (κ3) is 6.04. The molecule has 9 nitrogen and oxygen atoms in total. The zero-order valence-electron chi connectivity index (χ0n) is 23.2. The second kappa shape index (κ2) is 10.7. The lowest BCUT2D eigenvalue weighted by Gasteiger charge is -2.35. The highest BCUT2D eigenvalue weighted by Crippen LogP contribution is 2.54. The Bertz CT molecular complexity index is 1140. The van der Waals surface area contributed by atoms with E-state index in [1.54, 1.807) is 0 Å². The van der Waals surface area contributed by atoms with Crippen molar-refractivity contribution in [3.05, 3.63) is 35.9 Å². The van der Waals surface area contributed by atoms with Crippen molar-refractivity contribution in [2.24, 2.45) is 11.3 Å². The molecule has 1 aliphatic carbocycles. The normalized spacial score (nSPS) is 21.1. The second-order valence-electron chi connectivity index (χ2n) is 12.2. The van der Waals surface area contributed by atoms with E-state index in [4.69, 9.17) is 14.7 Å². The van der Waals surface area contributed by atoms with E-state index in [-0.39, 0.29) is 18.6 Å². The van der Waals surface area contributed by atoms with Crippen molar-refractivity contribution in [1.82, 2.24) is 9.97 Å². The van der Waals surface area contributed by atoms with Gasteiger partial charge in [-0.05, 0) is 75.1 Å². The molecule has 1 spiro atoms. The van der Waals surface area contributed by atoms with Crippen molar-refractivity contribution in [3.63, 3.8) is 0 Å². The number of aliphatic hydroxyl groups excluding tert-OH is 1. The van der Waals surface area contributed by atoms with E-state index < -0.39 is 5.54 Å². The first-order chi connectivity index (χ1) is 18.2. The molecule has 1 amide bonds. The van der Waals surface area contributed by atoms with Gasteiger partial charge in [0.15, 0.2) is 0 Å². The predicted molar refractivity (Wildman–Crippen MR) is 151 cm³/mol. The average molecular weight is 523 g/mol. The molecular weight excluding hydrogens is 480 g/mol. The fourth-order valence-corrected chi connectivity index (χ4v) is 5.33. The first-order valence-corrected chi connectivity index (χ1v) is 14.0. The van der Waals surface area contributed by atoms with Gasteiger partial charge >= 0.3 is 0 Å². The van der Waals surface area contributed by atoms with Gasteiger partial charge in [0.1, 0.15) is 23.3 Å². The number of hydrogen-bond acceptors (Lipinski definition) is 8. The number of ether oxygens (including phenoxy) is 1. The molecule has 2 saturated heterocycles. The lowest BCUT2D eigenvalue weighted by molar-refractivity contribution is 0.0112. The summed E-state index contributed by atoms with van der Waals surface area (Å²) in [5.41, 5.74) is 0.529. The van der Waals surface area contributed by atoms with Gasteiger partial charge in [-0.1, -0.05) is 19.9 Å². The third-order valence-electron chi connectivity index (χ3n) is 8.20. The Morgan fingerprint density at radius 1 is 1.08 bits per heavy atom. The Balaban J connectivity index is 1.36. The molecule has 4 heterocycles. The summed E-state index contributed by atoms with van der Waals surface area (Å²) in [5.74, 6) is 2.89. The molecule has 9 heteroatoms. The Hall–Kier alpha value is -2.91. The summed E-state index contributed by atoms with van der Waals surface area (Å²) in [4.78, 5) is 27.7. The fraction of sp³-hybridized carbons (Fsp3) is 0.621. The Labute approximate surface area is 226 Å². The molecule has 3 fully saturated rings. The summed E-state index contributed by atoms with van der Waals surface area (Å²) >= 11 is 0. The maximum Gasteiger partial charge on any atom is 0.260 e. The van der Waals surface area contributed by atoms with Gasteiger partial charge < -0.3 is 30.3 Å². The van der Waals surface area contributed by atoms with Crippen LogP contribution in [0.5, 0.6) is 0 Å². The van der Waals surface area contributed by atoms with Gasteiger partial charge in [0.2, 0.25) is 0 Å². The van der Waals surface area contributed by atoms with Crippen LogP contribution in [0.1, 0.15) is 63.7 Å². The highest BCUT2D eigenvalue weighted by molar-refractivity contribution is 6.07. The number of aliphatic hydroxyl groups is 1. The zero-order chi connectivity index (χ0) is 26.9. The van der Waals surface area contributed by atoms with Gasteiger partial charge in [0, 0.05) is 26.2 Å². The smallest absolute Gasteiger partial charge is 0.260 e. The van der Waals surface area contributed by atoms with Crippen LogP contribution >= 0.6 is 0 Å². The van der Waals surface area contributed by atoms with Crippen LogP contribution in [-0.2, 0) is 4.74 Å². The molecule has 2 aliphatic heterocycles. The van der Waals surface area contributed by atoms with E-state index >= 15 is 0 Å². The minimum Gasteiger partial charge on any atom is -0.394 e. The molecule has 3 aliphatic rings. The first-order valence-electron chi connectivity index (χ1n) is 14.0. The van der Waals surface area contributed by atoms with E-state index in [0.717, 1.165) is 44.8 Å². The van der Waals surface area contributed by atoms with Crippen LogP contribution in [0.15, 0.2) is 30.3 Å². The topological polar surface area (TPSA) is 103 Å². The Morgan fingerprint density at radius 3 is 2.53 bits per heavy atom. The summed E-state index contributed by atoms with van der Waals surface area (Å²) in [6, 6.07) is 9.38. The number of amides is 1. The molecule has 1 unspecified atom stereocenters. The molecule has 38 heavy (non-hydrogen) atoms. The van der Waals surface area contributed by atoms with Crippen LogP contribution in [-0.4, -0.2) is 72.0 Å². The van der Waals surface area contributed by atoms with E-state index in [9.17, 15) is 9.90 Å². The molecule has 5 rings (SSSR count). The number of piperidine rings is 1. The van der Waals surface area contributed by atoms with Crippen molar-refractivity contribution in [3.8, 4) is 0 Å². The molecular formula is C29H42N6O3. The van der Waals surface area contributed by atoms with Gasteiger partial charge in [-0.2, -0.15) is 0 Å². The van der Waals surface area contributed by atoms with Gasteiger partial charge in [0.05, 0.1) is 30.4 Å². The number of carbonyl (C=O) groups excluding carboxylic acids is 1. The minimum atomic E-state index is -0.521. The fourth-order valence-electron chi connectivity index (χ4n) is 5.33. The molecule has 3 N–H and O–H groups in total. The maximum absolute atomic E-state index is 13.6. The van der Waals surface area contributed by atoms with Crippen molar-refractivity contribution in [2.75, 3.05) is 59.8 Å². The maximum atomic E-state index is 13.6. The molecule has 0 radical (unpaired) electrons. The molecule has 206 valence electrons. The third-order valence-corrected chi connectivity index (χ3v) is 8.20. The summed E-state index contributed by atoms with van der Waals surface area (Å²) in [7, 11) is 0. The number of hydrogen-bond donors (Lipinski definition) is 3. The number of pyridine rings is 2. The number of carbonyl (C=O) groups is 1. The van der Waals surface area contributed by atoms with Crippen molar-refractivity contribution < 1.29 is 14.6 Å². The van der Waals surface area contributed by atoms with Crippen LogP contribution in [0.2, 0.25) is 0 Å². The van der Waals surface area contributed by atoms with E-state index in [2.05, 4.69) is 34.3 Å². The standard InChI is InChI=1S/C29H42N6O3/c1-20(2)22-18-35(16-17-38-22)25-7-5-6-23(30-25)32-27(37)21-8-9-24(33-28(3,4)19-36)31-26(21)34-14-12-29(10-11-29)13-15-34/h5-9,20,22,36H,10-19H2,1-4H3,(H,31,33)(H,30,32,37). The second-order valence-corrected chi connectivity index (χ2v) is 12.2. The highest BCUT2D eigenvalue weighted by Gasteiger charge is 2.45. The van der Waals surface area contributed by atoms with Crippen LogP contribution < -0.4 is 20.4 Å². The summed E-state index contributed by atoms with van der Waals surface area (Å²) in [6.07, 6.45) is 5.07. The van der Waals surface area contributed by atoms with Crippen LogP contribution in [0, 0.1) is 11.3 Å². The Kier molecular flexibility index (Phi) is 7.51. The monoisotopic (exact) mass is 522 g/mol. The summed E-state index contributed by atoms with van der Waals surface area (Å²) in [5, 5.41) is 16.0. The summed E-state index contributed by atoms with van der Waals surface area (Å²) in [6.45, 7) is 12.2. The van der Waals surface area contributed by atoms with Gasteiger partial charge in [-0.25, -0.2) is 9.97 Å². The number of morpholine rings is 1. The molecule has 2 aromatic heterocycles. The van der Waals surface area contributed by atoms with Gasteiger partial charge in [-0.15, -0.1) is 0 Å². The number of anilines is 4. The van der Waals surface area contributed by atoms with Crippen LogP contribution in [0.3, 0.4) is 0 Å². The predicted octanol–water partition coefficient (Wildman–Crippen LogP) is 4.15. The quantitative estimate of drug-likeness (QED) is 0.475. The average Bonchev–Trinajstić information content (AvgIpc) is 3.67. The number of nitrogens with zero attached hydrogens (tertiary/aromatic N) is 4. The van der Waals surface area contributed by atoms with Crippen molar-refractivity contribution in [2.45, 2.75) is 65.0 Å². The number of aromatic nitrogens is 2. The van der Waals surface area contributed by atoms with Crippen molar-refractivity contribution in [1.29, 1.82) is 0 Å². The highest BCUT2D eigenvalue weighted by atomic mass is 16.5. The van der Waals surface area contributed by atoms with Crippen LogP contribution in [0.25, 0.3) is 0 Å². The number of rotatable bonds is 8. The summed E-state index contributed by atoms with van der Waals surface area (Å²) < 4.78 is 5.91. The van der Waals surface area contributed by atoms with Crippen molar-refractivity contribution >= 4 is 29.2 Å². The SMILES string of the molecule is CC(C)C1CN(c2cccc(NC(=O)c3ccc(NC(C)(C)CO)nc3N3CCC4(CC3)CC4)n2)CCO1. The van der Waals surface area contributed by atoms with Crippen LogP contribution in [0.4, 0.5) is 23.3 Å². The molecule has 2 aromatic rings. The largest absolute Gasteiger partial charge is 0.394 e. The Morgan fingerprint density at radius 2 is 1.84 bits per heavy atom. The van der Waals surface area contributed by atoms with E-state index in [1.807, 2.05) is 44.2 Å². The van der Waals surface area contributed by atoms with E-state index in [0.29, 0.717) is 41.0 Å².